The predicted molar refractivity (Wildman–Crippen MR) is 77.1 cm³/mol. The highest BCUT2D eigenvalue weighted by Crippen LogP contribution is 2.27. The van der Waals surface area contributed by atoms with Crippen molar-refractivity contribution in [1.82, 2.24) is 10.3 Å². The number of rotatable bonds is 2. The molecule has 2 aromatic rings. The van der Waals surface area contributed by atoms with Gasteiger partial charge in [-0.15, -0.1) is 0 Å². The highest BCUT2D eigenvalue weighted by molar-refractivity contribution is 5.87. The molecule has 1 atom stereocenters. The van der Waals surface area contributed by atoms with E-state index in [1.54, 1.807) is 0 Å². The SMILES string of the molecule is Cc1cc(C)c2c(CC3CCCNC3)c[nH]c2c1. The highest BCUT2D eigenvalue weighted by atomic mass is 14.9. The van der Waals surface area contributed by atoms with Crippen LogP contribution in [0.25, 0.3) is 10.9 Å². The van der Waals surface area contributed by atoms with E-state index >= 15 is 0 Å². The van der Waals surface area contributed by atoms with Crippen molar-refractivity contribution in [3.63, 3.8) is 0 Å². The van der Waals surface area contributed by atoms with Crippen LogP contribution in [-0.4, -0.2) is 18.1 Å². The van der Waals surface area contributed by atoms with E-state index in [0.717, 1.165) is 5.92 Å². The molecule has 0 aliphatic carbocycles. The topological polar surface area (TPSA) is 27.8 Å². The molecule has 0 amide bonds. The summed E-state index contributed by atoms with van der Waals surface area (Å²) in [5.74, 6) is 0.804. The maximum absolute atomic E-state index is 3.51. The number of piperidine rings is 1. The van der Waals surface area contributed by atoms with Crippen LogP contribution in [0.4, 0.5) is 0 Å². The number of H-pyrrole nitrogens is 1. The zero-order valence-electron chi connectivity index (χ0n) is 11.3. The Kier molecular flexibility index (Phi) is 3.13. The largest absolute Gasteiger partial charge is 0.361 e. The van der Waals surface area contributed by atoms with Gasteiger partial charge in [0.2, 0.25) is 0 Å². The Labute approximate surface area is 109 Å². The second-order valence-corrected chi connectivity index (χ2v) is 5.73. The summed E-state index contributed by atoms with van der Waals surface area (Å²) in [7, 11) is 0. The maximum Gasteiger partial charge on any atom is 0.0462 e. The third kappa shape index (κ3) is 2.17. The lowest BCUT2D eigenvalue weighted by Gasteiger charge is -2.22. The fourth-order valence-electron chi connectivity index (χ4n) is 3.31. The predicted octanol–water partition coefficient (Wildman–Crippen LogP) is 3.33. The van der Waals surface area contributed by atoms with Gasteiger partial charge in [0.25, 0.3) is 0 Å². The van der Waals surface area contributed by atoms with E-state index in [-0.39, 0.29) is 0 Å². The van der Waals surface area contributed by atoms with Gasteiger partial charge < -0.3 is 10.3 Å². The molecule has 0 radical (unpaired) electrons. The second kappa shape index (κ2) is 4.77. The van der Waals surface area contributed by atoms with Crippen molar-refractivity contribution in [1.29, 1.82) is 0 Å². The number of nitrogens with one attached hydrogen (secondary N) is 2. The summed E-state index contributed by atoms with van der Waals surface area (Å²) in [5.41, 5.74) is 5.54. The minimum Gasteiger partial charge on any atom is -0.361 e. The molecule has 1 aliphatic heterocycles. The van der Waals surface area contributed by atoms with Crippen molar-refractivity contribution in [2.45, 2.75) is 33.1 Å². The summed E-state index contributed by atoms with van der Waals surface area (Å²) in [6, 6.07) is 4.55. The Balaban J connectivity index is 1.92. The Morgan fingerprint density at radius 2 is 2.17 bits per heavy atom. The molecule has 0 saturated carbocycles. The molecular weight excluding hydrogens is 220 g/mol. The normalized spacial score (nSPS) is 20.4. The molecule has 3 rings (SSSR count). The lowest BCUT2D eigenvalue weighted by atomic mass is 9.91. The zero-order valence-corrected chi connectivity index (χ0v) is 11.3. The summed E-state index contributed by atoms with van der Waals surface area (Å²) >= 11 is 0. The summed E-state index contributed by atoms with van der Waals surface area (Å²) in [5, 5.41) is 4.96. The van der Waals surface area contributed by atoms with Gasteiger partial charge >= 0.3 is 0 Å². The first-order valence-electron chi connectivity index (χ1n) is 7.02. The number of hydrogen-bond acceptors (Lipinski definition) is 1. The van der Waals surface area contributed by atoms with Crippen LogP contribution in [0.15, 0.2) is 18.3 Å². The van der Waals surface area contributed by atoms with Crippen LogP contribution in [0.1, 0.15) is 29.5 Å². The third-order valence-electron chi connectivity index (χ3n) is 4.11. The Morgan fingerprint density at radius 3 is 2.94 bits per heavy atom. The smallest absolute Gasteiger partial charge is 0.0462 e. The van der Waals surface area contributed by atoms with Crippen LogP contribution in [0.3, 0.4) is 0 Å². The Morgan fingerprint density at radius 1 is 1.28 bits per heavy atom. The van der Waals surface area contributed by atoms with E-state index in [0.29, 0.717) is 0 Å². The molecule has 1 aromatic carbocycles. The van der Waals surface area contributed by atoms with Gasteiger partial charge in [-0.3, -0.25) is 0 Å². The van der Waals surface area contributed by atoms with Gasteiger partial charge in [0, 0.05) is 17.1 Å². The van der Waals surface area contributed by atoms with Crippen molar-refractivity contribution in [2.24, 2.45) is 5.92 Å². The average Bonchev–Trinajstić information content (AvgIpc) is 2.73. The fourth-order valence-corrected chi connectivity index (χ4v) is 3.31. The van der Waals surface area contributed by atoms with Crippen LogP contribution < -0.4 is 5.32 Å². The number of aromatic nitrogens is 1. The highest BCUT2D eigenvalue weighted by Gasteiger charge is 2.16. The molecule has 96 valence electrons. The molecular formula is C16H22N2. The van der Waals surface area contributed by atoms with Gasteiger partial charge in [-0.1, -0.05) is 6.07 Å². The molecule has 1 aliphatic rings. The van der Waals surface area contributed by atoms with Crippen molar-refractivity contribution in [3.8, 4) is 0 Å². The van der Waals surface area contributed by atoms with Crippen molar-refractivity contribution in [3.05, 3.63) is 35.0 Å². The molecule has 1 unspecified atom stereocenters. The van der Waals surface area contributed by atoms with E-state index in [1.807, 2.05) is 0 Å². The van der Waals surface area contributed by atoms with E-state index in [9.17, 15) is 0 Å². The summed E-state index contributed by atoms with van der Waals surface area (Å²) in [6.07, 6.45) is 6.11. The fraction of sp³-hybridized carbons (Fsp3) is 0.500. The van der Waals surface area contributed by atoms with Gasteiger partial charge in [0.1, 0.15) is 0 Å². The number of hydrogen-bond donors (Lipinski definition) is 2. The lowest BCUT2D eigenvalue weighted by molar-refractivity contribution is 0.377. The zero-order chi connectivity index (χ0) is 12.5. The quantitative estimate of drug-likeness (QED) is 0.830. The van der Waals surface area contributed by atoms with Gasteiger partial charge in [-0.2, -0.15) is 0 Å². The van der Waals surface area contributed by atoms with Crippen molar-refractivity contribution < 1.29 is 0 Å². The van der Waals surface area contributed by atoms with E-state index < -0.39 is 0 Å². The molecule has 1 aromatic heterocycles. The number of aryl methyl sites for hydroxylation is 2. The summed E-state index contributed by atoms with van der Waals surface area (Å²) < 4.78 is 0. The second-order valence-electron chi connectivity index (χ2n) is 5.73. The third-order valence-corrected chi connectivity index (χ3v) is 4.11. The maximum atomic E-state index is 3.51. The molecule has 2 heteroatoms. The molecule has 0 spiro atoms. The Bertz CT molecular complexity index is 547. The first-order chi connectivity index (χ1) is 8.74. The Hall–Kier alpha value is -1.28. The molecule has 2 nitrogen and oxygen atoms in total. The molecule has 2 heterocycles. The minimum atomic E-state index is 0.804. The van der Waals surface area contributed by atoms with Crippen LogP contribution >= 0.6 is 0 Å². The van der Waals surface area contributed by atoms with Crippen molar-refractivity contribution >= 4 is 10.9 Å². The number of benzene rings is 1. The van der Waals surface area contributed by atoms with Crippen LogP contribution in [0, 0.1) is 19.8 Å². The van der Waals surface area contributed by atoms with Gasteiger partial charge in [0.15, 0.2) is 0 Å². The standard InChI is InChI=1S/C16H22N2/c1-11-6-12(2)16-14(10-18-15(16)7-11)8-13-4-3-5-17-9-13/h6-7,10,13,17-18H,3-5,8-9H2,1-2H3. The molecule has 2 N–H and O–H groups in total. The van der Waals surface area contributed by atoms with Crippen LogP contribution in [0.5, 0.6) is 0 Å². The summed E-state index contributed by atoms with van der Waals surface area (Å²) in [6.45, 7) is 6.77. The molecule has 1 fully saturated rings. The molecule has 1 saturated heterocycles. The van der Waals surface area contributed by atoms with Crippen LogP contribution in [0.2, 0.25) is 0 Å². The van der Waals surface area contributed by atoms with Gasteiger partial charge in [-0.05, 0) is 74.9 Å². The van der Waals surface area contributed by atoms with E-state index in [1.165, 1.54) is 59.9 Å². The summed E-state index contributed by atoms with van der Waals surface area (Å²) in [4.78, 5) is 3.44. The minimum absolute atomic E-state index is 0.804. The number of fused-ring (bicyclic) bond motifs is 1. The van der Waals surface area contributed by atoms with Crippen LogP contribution in [-0.2, 0) is 6.42 Å². The van der Waals surface area contributed by atoms with Crippen molar-refractivity contribution in [2.75, 3.05) is 13.1 Å². The number of aromatic amines is 1. The molecule has 18 heavy (non-hydrogen) atoms. The van der Waals surface area contributed by atoms with E-state index in [4.69, 9.17) is 0 Å². The lowest BCUT2D eigenvalue weighted by Crippen LogP contribution is -2.30. The average molecular weight is 242 g/mol. The first kappa shape index (κ1) is 11.8. The van der Waals surface area contributed by atoms with E-state index in [2.05, 4.69) is 42.5 Å². The van der Waals surface area contributed by atoms with Gasteiger partial charge in [-0.25, -0.2) is 0 Å². The monoisotopic (exact) mass is 242 g/mol. The first-order valence-corrected chi connectivity index (χ1v) is 7.02. The van der Waals surface area contributed by atoms with Gasteiger partial charge in [0.05, 0.1) is 0 Å². The molecule has 0 bridgehead atoms.